The number of hydrogen-bond donors (Lipinski definition) is 0. The van der Waals surface area contributed by atoms with Gasteiger partial charge < -0.3 is 9.47 Å². The summed E-state index contributed by atoms with van der Waals surface area (Å²) in [5.41, 5.74) is 2.51. The van der Waals surface area contributed by atoms with Gasteiger partial charge in [-0.15, -0.1) is 0 Å². The van der Waals surface area contributed by atoms with Crippen molar-refractivity contribution in [1.82, 2.24) is 0 Å². The van der Waals surface area contributed by atoms with Gasteiger partial charge in [0, 0.05) is 12.0 Å². The van der Waals surface area contributed by atoms with E-state index in [-0.39, 0.29) is 0 Å². The summed E-state index contributed by atoms with van der Waals surface area (Å²) in [5.74, 6) is 1.85. The fraction of sp³-hybridized carbons (Fsp3) is 0.500. The Hall–Kier alpha value is -1.44. The first-order valence-electron chi connectivity index (χ1n) is 7.78. The monoisotopic (exact) mass is 273 g/mol. The summed E-state index contributed by atoms with van der Waals surface area (Å²) in [7, 11) is 0. The van der Waals surface area contributed by atoms with Crippen LogP contribution in [0, 0.1) is 6.42 Å². The van der Waals surface area contributed by atoms with E-state index in [9.17, 15) is 0 Å². The average Bonchev–Trinajstić information content (AvgIpc) is 2.49. The molecule has 2 heteroatoms. The van der Waals surface area contributed by atoms with Crippen molar-refractivity contribution in [3.63, 3.8) is 0 Å². The SMILES string of the molecule is CCCCOc1ccc2c(c1OCCCC)CC=C[CH]2. The third kappa shape index (κ3) is 3.78. The lowest BCUT2D eigenvalue weighted by Crippen LogP contribution is -2.07. The number of rotatable bonds is 8. The van der Waals surface area contributed by atoms with Gasteiger partial charge in [-0.3, -0.25) is 0 Å². The summed E-state index contributed by atoms with van der Waals surface area (Å²) in [5, 5.41) is 0. The van der Waals surface area contributed by atoms with Crippen LogP contribution in [0.15, 0.2) is 24.3 Å². The molecular weight excluding hydrogens is 248 g/mol. The number of fused-ring (bicyclic) bond motifs is 1. The van der Waals surface area contributed by atoms with E-state index in [1.807, 2.05) is 6.07 Å². The molecule has 0 saturated carbocycles. The maximum absolute atomic E-state index is 6.03. The van der Waals surface area contributed by atoms with E-state index in [4.69, 9.17) is 9.47 Å². The number of hydrogen-bond acceptors (Lipinski definition) is 2. The molecule has 2 rings (SSSR count). The molecule has 0 saturated heterocycles. The Labute approximate surface area is 122 Å². The summed E-state index contributed by atoms with van der Waals surface area (Å²) in [6.45, 7) is 5.88. The summed E-state index contributed by atoms with van der Waals surface area (Å²) >= 11 is 0. The Bertz CT molecular complexity index is 449. The summed E-state index contributed by atoms with van der Waals surface area (Å²) in [4.78, 5) is 0. The molecule has 2 nitrogen and oxygen atoms in total. The Morgan fingerprint density at radius 2 is 1.75 bits per heavy atom. The summed E-state index contributed by atoms with van der Waals surface area (Å²) in [6, 6.07) is 4.18. The van der Waals surface area contributed by atoms with Gasteiger partial charge in [0.2, 0.25) is 0 Å². The van der Waals surface area contributed by atoms with E-state index < -0.39 is 0 Å². The van der Waals surface area contributed by atoms with Crippen molar-refractivity contribution >= 4 is 0 Å². The van der Waals surface area contributed by atoms with Gasteiger partial charge >= 0.3 is 0 Å². The van der Waals surface area contributed by atoms with Crippen LogP contribution in [-0.4, -0.2) is 13.2 Å². The Balaban J connectivity index is 2.16. The Morgan fingerprint density at radius 3 is 2.50 bits per heavy atom. The molecule has 1 aromatic rings. The number of ether oxygens (including phenoxy) is 2. The van der Waals surface area contributed by atoms with Gasteiger partial charge in [-0.1, -0.05) is 44.9 Å². The average molecular weight is 273 g/mol. The van der Waals surface area contributed by atoms with Crippen molar-refractivity contribution < 1.29 is 9.47 Å². The zero-order valence-electron chi connectivity index (χ0n) is 12.7. The van der Waals surface area contributed by atoms with Gasteiger partial charge in [0.05, 0.1) is 13.2 Å². The summed E-state index contributed by atoms with van der Waals surface area (Å²) in [6.07, 6.45) is 11.8. The Morgan fingerprint density at radius 1 is 1.00 bits per heavy atom. The van der Waals surface area contributed by atoms with Crippen LogP contribution in [0.2, 0.25) is 0 Å². The molecule has 20 heavy (non-hydrogen) atoms. The van der Waals surface area contributed by atoms with Crippen molar-refractivity contribution in [3.8, 4) is 11.5 Å². The molecule has 109 valence electrons. The van der Waals surface area contributed by atoms with E-state index >= 15 is 0 Å². The van der Waals surface area contributed by atoms with E-state index in [2.05, 4.69) is 38.5 Å². The van der Waals surface area contributed by atoms with Crippen molar-refractivity contribution in [2.24, 2.45) is 0 Å². The zero-order chi connectivity index (χ0) is 14.2. The largest absolute Gasteiger partial charge is 0.490 e. The lowest BCUT2D eigenvalue weighted by atomic mass is 9.95. The van der Waals surface area contributed by atoms with Crippen LogP contribution in [-0.2, 0) is 6.42 Å². The van der Waals surface area contributed by atoms with Gasteiger partial charge in [-0.05, 0) is 30.9 Å². The molecular formula is C18H25O2. The molecule has 0 heterocycles. The standard InChI is InChI=1S/C18H25O2/c1-3-5-13-19-17-12-11-15-9-7-8-10-16(15)18(17)20-14-6-4-2/h7-9,11-12H,3-6,10,13-14H2,1-2H3. The molecule has 0 amide bonds. The highest BCUT2D eigenvalue weighted by Gasteiger charge is 2.16. The second kappa shape index (κ2) is 7.98. The molecule has 0 aromatic heterocycles. The molecule has 0 atom stereocenters. The predicted molar refractivity (Wildman–Crippen MR) is 83.5 cm³/mol. The first kappa shape index (κ1) is 15.0. The van der Waals surface area contributed by atoms with Crippen LogP contribution in [0.1, 0.15) is 50.7 Å². The minimum absolute atomic E-state index is 0.763. The smallest absolute Gasteiger partial charge is 0.164 e. The van der Waals surface area contributed by atoms with Crippen molar-refractivity contribution in [2.45, 2.75) is 46.0 Å². The van der Waals surface area contributed by atoms with E-state index in [0.29, 0.717) is 0 Å². The number of allylic oxidation sites excluding steroid dienone is 2. The van der Waals surface area contributed by atoms with E-state index in [0.717, 1.165) is 56.8 Å². The van der Waals surface area contributed by atoms with Gasteiger partial charge in [-0.25, -0.2) is 0 Å². The van der Waals surface area contributed by atoms with Crippen molar-refractivity contribution in [1.29, 1.82) is 0 Å². The minimum atomic E-state index is 0.763. The van der Waals surface area contributed by atoms with Crippen LogP contribution in [0.25, 0.3) is 0 Å². The molecule has 0 N–H and O–H groups in total. The fourth-order valence-corrected chi connectivity index (χ4v) is 2.26. The van der Waals surface area contributed by atoms with Crippen molar-refractivity contribution in [3.05, 3.63) is 41.8 Å². The first-order valence-corrected chi connectivity index (χ1v) is 7.78. The minimum Gasteiger partial charge on any atom is -0.490 e. The first-order chi connectivity index (χ1) is 9.86. The van der Waals surface area contributed by atoms with Crippen LogP contribution in [0.5, 0.6) is 11.5 Å². The molecule has 1 aliphatic rings. The second-order valence-electron chi connectivity index (χ2n) is 5.16. The highest BCUT2D eigenvalue weighted by Crippen LogP contribution is 2.37. The summed E-state index contributed by atoms with van der Waals surface area (Å²) < 4.78 is 11.9. The lowest BCUT2D eigenvalue weighted by molar-refractivity contribution is 0.260. The molecule has 1 aliphatic carbocycles. The maximum Gasteiger partial charge on any atom is 0.164 e. The molecule has 0 spiro atoms. The van der Waals surface area contributed by atoms with Gasteiger partial charge in [0.15, 0.2) is 11.5 Å². The highest BCUT2D eigenvalue weighted by atomic mass is 16.5. The lowest BCUT2D eigenvalue weighted by Gasteiger charge is -2.20. The normalized spacial score (nSPS) is 13.1. The Kier molecular flexibility index (Phi) is 5.97. The van der Waals surface area contributed by atoms with E-state index in [1.165, 1.54) is 11.1 Å². The zero-order valence-corrected chi connectivity index (χ0v) is 12.7. The van der Waals surface area contributed by atoms with Crippen LogP contribution in [0.3, 0.4) is 0 Å². The van der Waals surface area contributed by atoms with E-state index in [1.54, 1.807) is 0 Å². The van der Waals surface area contributed by atoms with Crippen LogP contribution in [0.4, 0.5) is 0 Å². The highest BCUT2D eigenvalue weighted by molar-refractivity contribution is 5.56. The topological polar surface area (TPSA) is 18.5 Å². The van der Waals surface area contributed by atoms with Gasteiger partial charge in [-0.2, -0.15) is 0 Å². The van der Waals surface area contributed by atoms with Crippen LogP contribution >= 0.6 is 0 Å². The van der Waals surface area contributed by atoms with Crippen LogP contribution < -0.4 is 9.47 Å². The fourth-order valence-electron chi connectivity index (χ4n) is 2.26. The van der Waals surface area contributed by atoms with Crippen molar-refractivity contribution in [2.75, 3.05) is 13.2 Å². The number of benzene rings is 1. The second-order valence-corrected chi connectivity index (χ2v) is 5.16. The quantitative estimate of drug-likeness (QED) is 0.639. The molecule has 0 fully saturated rings. The third-order valence-electron chi connectivity index (χ3n) is 3.49. The predicted octanol–water partition coefficient (Wildman–Crippen LogP) is 4.71. The molecule has 1 aromatic carbocycles. The van der Waals surface area contributed by atoms with Gasteiger partial charge in [0.25, 0.3) is 0 Å². The maximum atomic E-state index is 6.03. The number of unbranched alkanes of at least 4 members (excludes halogenated alkanes) is 2. The third-order valence-corrected chi connectivity index (χ3v) is 3.49. The molecule has 0 bridgehead atoms. The molecule has 0 aliphatic heterocycles. The molecule has 0 unspecified atom stereocenters. The molecule has 1 radical (unpaired) electrons. The van der Waals surface area contributed by atoms with Gasteiger partial charge in [0.1, 0.15) is 0 Å².